The number of hydrogen-bond acceptors (Lipinski definition) is 6. The van der Waals surface area contributed by atoms with E-state index in [-0.39, 0.29) is 5.91 Å². The Hall–Kier alpha value is -4.17. The summed E-state index contributed by atoms with van der Waals surface area (Å²) in [7, 11) is 0. The molecule has 1 unspecified atom stereocenters. The first kappa shape index (κ1) is 23.2. The first-order chi connectivity index (χ1) is 18.2. The second-order valence-electron chi connectivity index (χ2n) is 9.56. The van der Waals surface area contributed by atoms with Crippen LogP contribution < -0.4 is 0 Å². The maximum Gasteiger partial charge on any atom is 0.258 e. The van der Waals surface area contributed by atoms with Gasteiger partial charge in [0.2, 0.25) is 5.82 Å². The number of carbonyl (C=O) groups is 1. The highest BCUT2D eigenvalue weighted by molar-refractivity contribution is 6.08. The van der Waals surface area contributed by atoms with Gasteiger partial charge in [-0.25, -0.2) is 0 Å². The van der Waals surface area contributed by atoms with Gasteiger partial charge in [-0.2, -0.15) is 5.21 Å². The van der Waals surface area contributed by atoms with Crippen molar-refractivity contribution in [1.29, 1.82) is 0 Å². The molecule has 0 radical (unpaired) electrons. The highest BCUT2D eigenvalue weighted by Gasteiger charge is 2.50. The Balaban J connectivity index is 1.31. The molecule has 6 rings (SSSR count). The SMILES string of the molecule is CCCC1=NC2(CCOC2)C(=O)N1Cc1ccc(-c2cc(-c3ccccc3)ccc2-c2nn[nH]n2)cc1. The van der Waals surface area contributed by atoms with Crippen LogP contribution in [-0.4, -0.2) is 56.0 Å². The molecule has 1 aromatic heterocycles. The van der Waals surface area contributed by atoms with Crippen LogP contribution in [0, 0.1) is 0 Å². The molecule has 2 aliphatic rings. The number of benzene rings is 3. The zero-order valence-corrected chi connectivity index (χ0v) is 20.7. The maximum atomic E-state index is 13.4. The van der Waals surface area contributed by atoms with E-state index in [4.69, 9.17) is 9.73 Å². The number of nitrogens with one attached hydrogen (secondary N) is 1. The van der Waals surface area contributed by atoms with Crippen molar-refractivity contribution >= 4 is 11.7 Å². The van der Waals surface area contributed by atoms with Gasteiger partial charge in [0.05, 0.1) is 13.2 Å². The van der Waals surface area contributed by atoms with E-state index in [1.54, 1.807) is 0 Å². The number of carbonyl (C=O) groups excluding carboxylic acids is 1. The summed E-state index contributed by atoms with van der Waals surface area (Å²) in [4.78, 5) is 20.1. The van der Waals surface area contributed by atoms with Crippen LogP contribution >= 0.6 is 0 Å². The molecule has 3 heterocycles. The minimum absolute atomic E-state index is 0.0625. The van der Waals surface area contributed by atoms with Crippen LogP contribution in [0.3, 0.4) is 0 Å². The van der Waals surface area contributed by atoms with Gasteiger partial charge in [-0.1, -0.05) is 67.6 Å². The lowest BCUT2D eigenvalue weighted by Crippen LogP contribution is -2.42. The summed E-state index contributed by atoms with van der Waals surface area (Å²) in [5.41, 5.74) is 5.54. The molecule has 1 amide bonds. The summed E-state index contributed by atoms with van der Waals surface area (Å²) in [6, 6.07) is 24.9. The molecule has 1 N–H and O–H groups in total. The first-order valence-electron chi connectivity index (χ1n) is 12.7. The minimum Gasteiger partial charge on any atom is -0.378 e. The number of aromatic nitrogens is 4. The normalized spacial score (nSPS) is 19.1. The van der Waals surface area contributed by atoms with Crippen molar-refractivity contribution in [2.24, 2.45) is 4.99 Å². The standard InChI is InChI=1S/C29H28N6O2/c1-2-6-26-30-29(15-16-37-19-29)28(36)35(26)18-20-9-11-22(12-10-20)25-17-23(21-7-4-3-5-8-21)13-14-24(25)27-31-33-34-32-27/h3-5,7-14,17H,2,6,15-16,18-19H2,1H3,(H,31,32,33,34). The quantitative estimate of drug-likeness (QED) is 0.396. The first-order valence-corrected chi connectivity index (χ1v) is 12.7. The van der Waals surface area contributed by atoms with Crippen LogP contribution in [0.15, 0.2) is 77.8 Å². The van der Waals surface area contributed by atoms with Crippen molar-refractivity contribution in [3.8, 4) is 33.6 Å². The fourth-order valence-electron chi connectivity index (χ4n) is 5.15. The maximum absolute atomic E-state index is 13.4. The zero-order valence-electron chi connectivity index (χ0n) is 20.7. The smallest absolute Gasteiger partial charge is 0.258 e. The number of hydrogen-bond donors (Lipinski definition) is 1. The van der Waals surface area contributed by atoms with Gasteiger partial charge in [-0.05, 0) is 51.6 Å². The number of nitrogens with zero attached hydrogens (tertiary/aromatic N) is 5. The van der Waals surface area contributed by atoms with Crippen LogP contribution in [0.4, 0.5) is 0 Å². The van der Waals surface area contributed by atoms with E-state index in [9.17, 15) is 4.79 Å². The predicted octanol–water partition coefficient (Wildman–Crippen LogP) is 4.90. The Morgan fingerprint density at radius 2 is 1.78 bits per heavy atom. The minimum atomic E-state index is -0.720. The van der Waals surface area contributed by atoms with Crippen molar-refractivity contribution in [3.63, 3.8) is 0 Å². The van der Waals surface area contributed by atoms with Crippen molar-refractivity contribution in [2.75, 3.05) is 13.2 Å². The molecule has 0 aliphatic carbocycles. The molecule has 1 saturated heterocycles. The molecule has 0 bridgehead atoms. The largest absolute Gasteiger partial charge is 0.378 e. The molecule has 1 atom stereocenters. The fraction of sp³-hybridized carbons (Fsp3) is 0.276. The van der Waals surface area contributed by atoms with Crippen molar-refractivity contribution in [2.45, 2.75) is 38.3 Å². The summed E-state index contributed by atoms with van der Waals surface area (Å²) in [5.74, 6) is 1.48. The molecule has 186 valence electrons. The number of aromatic amines is 1. The molecule has 2 aliphatic heterocycles. The lowest BCUT2D eigenvalue weighted by molar-refractivity contribution is -0.131. The number of tetrazole rings is 1. The molecule has 3 aromatic carbocycles. The van der Waals surface area contributed by atoms with Gasteiger partial charge in [0.25, 0.3) is 5.91 Å². The van der Waals surface area contributed by atoms with Gasteiger partial charge in [0.15, 0.2) is 5.54 Å². The number of ether oxygens (including phenoxy) is 1. The van der Waals surface area contributed by atoms with Crippen molar-refractivity contribution < 1.29 is 9.53 Å². The van der Waals surface area contributed by atoms with E-state index in [0.29, 0.717) is 32.0 Å². The third-order valence-electron chi connectivity index (χ3n) is 7.09. The number of amidine groups is 1. The molecular formula is C29H28N6O2. The predicted molar refractivity (Wildman–Crippen MR) is 142 cm³/mol. The van der Waals surface area contributed by atoms with Gasteiger partial charge in [0, 0.05) is 25.0 Å². The zero-order chi connectivity index (χ0) is 25.2. The molecule has 1 fully saturated rings. The van der Waals surface area contributed by atoms with Gasteiger partial charge in [0.1, 0.15) is 5.84 Å². The number of rotatable bonds is 7. The highest BCUT2D eigenvalue weighted by Crippen LogP contribution is 2.36. The average molecular weight is 493 g/mol. The van der Waals surface area contributed by atoms with Gasteiger partial charge < -0.3 is 4.74 Å². The summed E-state index contributed by atoms with van der Waals surface area (Å²) in [5, 5.41) is 14.7. The molecule has 8 heteroatoms. The monoisotopic (exact) mass is 492 g/mol. The summed E-state index contributed by atoms with van der Waals surface area (Å²) >= 11 is 0. The average Bonchev–Trinajstić information content (AvgIpc) is 3.69. The Labute approximate surface area is 215 Å². The molecular weight excluding hydrogens is 464 g/mol. The van der Waals surface area contributed by atoms with Crippen molar-refractivity contribution in [1.82, 2.24) is 25.5 Å². The summed E-state index contributed by atoms with van der Waals surface area (Å²) < 4.78 is 5.55. The lowest BCUT2D eigenvalue weighted by atomic mass is 9.93. The van der Waals surface area contributed by atoms with Crippen LogP contribution in [0.1, 0.15) is 31.7 Å². The Bertz CT molecular complexity index is 1430. The third-order valence-corrected chi connectivity index (χ3v) is 7.09. The molecule has 1 spiro atoms. The molecule has 0 saturated carbocycles. The van der Waals surface area contributed by atoms with E-state index in [1.165, 1.54) is 0 Å². The van der Waals surface area contributed by atoms with Gasteiger partial charge in [-0.3, -0.25) is 14.7 Å². The number of aliphatic imine (C=N–C) groups is 1. The number of amides is 1. The number of H-pyrrole nitrogens is 1. The second-order valence-corrected chi connectivity index (χ2v) is 9.56. The lowest BCUT2D eigenvalue weighted by Gasteiger charge is -2.22. The third kappa shape index (κ3) is 4.34. The molecule has 4 aromatic rings. The summed E-state index contributed by atoms with van der Waals surface area (Å²) in [6.07, 6.45) is 2.38. The van der Waals surface area contributed by atoms with Crippen molar-refractivity contribution in [3.05, 3.63) is 78.4 Å². The van der Waals surface area contributed by atoms with Gasteiger partial charge >= 0.3 is 0 Å². The second kappa shape index (κ2) is 9.71. The summed E-state index contributed by atoms with van der Waals surface area (Å²) in [6.45, 7) is 3.58. The molecule has 8 nitrogen and oxygen atoms in total. The van der Waals surface area contributed by atoms with Crippen LogP contribution in [0.5, 0.6) is 0 Å². The van der Waals surface area contributed by atoms with E-state index in [2.05, 4.69) is 76.1 Å². The van der Waals surface area contributed by atoms with Crippen LogP contribution in [-0.2, 0) is 16.1 Å². The molecule has 37 heavy (non-hydrogen) atoms. The Morgan fingerprint density at radius 1 is 0.973 bits per heavy atom. The van der Waals surface area contributed by atoms with Crippen LogP contribution in [0.2, 0.25) is 0 Å². The fourth-order valence-corrected chi connectivity index (χ4v) is 5.15. The van der Waals surface area contributed by atoms with E-state index in [0.717, 1.165) is 52.1 Å². The van der Waals surface area contributed by atoms with Crippen LogP contribution in [0.25, 0.3) is 33.6 Å². The van der Waals surface area contributed by atoms with Gasteiger partial charge in [-0.15, -0.1) is 10.2 Å². The van der Waals surface area contributed by atoms with E-state index < -0.39 is 5.54 Å². The topological polar surface area (TPSA) is 96.4 Å². The Kier molecular flexibility index (Phi) is 6.10. The van der Waals surface area contributed by atoms with E-state index >= 15 is 0 Å². The Morgan fingerprint density at radius 3 is 2.49 bits per heavy atom. The van der Waals surface area contributed by atoms with E-state index in [1.807, 2.05) is 29.2 Å². The highest BCUT2D eigenvalue weighted by atomic mass is 16.5.